The molecule has 11 rings (SSSR count). The van der Waals surface area contributed by atoms with Crippen LogP contribution in [0.15, 0.2) is 194 Å². The highest BCUT2D eigenvalue weighted by Crippen LogP contribution is 2.40. The van der Waals surface area contributed by atoms with Crippen molar-refractivity contribution in [3.63, 3.8) is 0 Å². The molecular formula is C52H35N5. The summed E-state index contributed by atoms with van der Waals surface area (Å²) in [6.07, 6.45) is 11.4. The third kappa shape index (κ3) is 5.68. The minimum absolute atomic E-state index is 0.637. The van der Waals surface area contributed by atoms with E-state index in [1.54, 1.807) is 0 Å². The first kappa shape index (κ1) is 32.8. The lowest BCUT2D eigenvalue weighted by molar-refractivity contribution is 1.04. The number of allylic oxidation sites excluding steroid dienone is 6. The van der Waals surface area contributed by atoms with E-state index in [9.17, 15) is 0 Å². The van der Waals surface area contributed by atoms with Crippen LogP contribution in [0.5, 0.6) is 0 Å². The lowest BCUT2D eigenvalue weighted by atomic mass is 9.98. The van der Waals surface area contributed by atoms with Crippen LogP contribution in [-0.2, 0) is 0 Å². The fourth-order valence-electron chi connectivity index (χ4n) is 8.33. The third-order valence-corrected chi connectivity index (χ3v) is 11.0. The predicted molar refractivity (Wildman–Crippen MR) is 236 cm³/mol. The van der Waals surface area contributed by atoms with Crippen LogP contribution in [0.1, 0.15) is 12.2 Å². The van der Waals surface area contributed by atoms with Crippen molar-refractivity contribution in [1.82, 2.24) is 24.5 Å². The fraction of sp³-hybridized carbons (Fsp3) is 0.0192. The van der Waals surface area contributed by atoms with Crippen molar-refractivity contribution >= 4 is 49.2 Å². The molecule has 268 valence electrons. The van der Waals surface area contributed by atoms with Gasteiger partial charge >= 0.3 is 0 Å². The number of benzene rings is 7. The van der Waals surface area contributed by atoms with E-state index in [4.69, 9.17) is 15.0 Å². The lowest BCUT2D eigenvalue weighted by Crippen LogP contribution is -2.02. The van der Waals surface area contributed by atoms with Gasteiger partial charge in [0.1, 0.15) is 0 Å². The van der Waals surface area contributed by atoms with Gasteiger partial charge in [0, 0.05) is 55.1 Å². The van der Waals surface area contributed by atoms with E-state index in [0.717, 1.165) is 62.1 Å². The van der Waals surface area contributed by atoms with Crippen molar-refractivity contribution in [2.45, 2.75) is 6.42 Å². The van der Waals surface area contributed by atoms with E-state index in [1.807, 2.05) is 30.3 Å². The first-order chi connectivity index (χ1) is 28.3. The highest BCUT2D eigenvalue weighted by atomic mass is 15.0. The molecule has 0 unspecified atom stereocenters. The average molecular weight is 730 g/mol. The molecule has 3 aromatic heterocycles. The Morgan fingerprint density at radius 2 is 1.04 bits per heavy atom. The van der Waals surface area contributed by atoms with E-state index in [0.29, 0.717) is 17.5 Å². The van der Waals surface area contributed by atoms with Crippen molar-refractivity contribution in [2.24, 2.45) is 0 Å². The average Bonchev–Trinajstić information content (AvgIpc) is 3.69. The molecule has 5 nitrogen and oxygen atoms in total. The summed E-state index contributed by atoms with van der Waals surface area (Å²) in [5.41, 5.74) is 13.1. The van der Waals surface area contributed by atoms with Crippen LogP contribution in [0.25, 0.3) is 99.9 Å². The second-order valence-corrected chi connectivity index (χ2v) is 14.4. The van der Waals surface area contributed by atoms with Gasteiger partial charge in [0.15, 0.2) is 17.5 Å². The molecule has 0 amide bonds. The number of nitrogens with zero attached hydrogens (tertiary/aromatic N) is 4. The van der Waals surface area contributed by atoms with E-state index >= 15 is 0 Å². The number of nitrogens with one attached hydrogen (secondary N) is 1. The number of hydrogen-bond donors (Lipinski definition) is 1. The minimum Gasteiger partial charge on any atom is -0.353 e. The number of rotatable bonds is 6. The second kappa shape index (κ2) is 13.6. The molecule has 57 heavy (non-hydrogen) atoms. The Labute approximate surface area is 329 Å². The van der Waals surface area contributed by atoms with Gasteiger partial charge in [0.2, 0.25) is 0 Å². The van der Waals surface area contributed by atoms with Gasteiger partial charge in [-0.15, -0.1) is 0 Å². The number of hydrogen-bond acceptors (Lipinski definition) is 3. The smallest absolute Gasteiger partial charge is 0.164 e. The summed E-state index contributed by atoms with van der Waals surface area (Å²) < 4.78 is 2.38. The summed E-state index contributed by atoms with van der Waals surface area (Å²) in [6.45, 7) is 0. The van der Waals surface area contributed by atoms with Crippen molar-refractivity contribution in [3.8, 4) is 50.7 Å². The van der Waals surface area contributed by atoms with Crippen molar-refractivity contribution in [2.75, 3.05) is 0 Å². The Hall–Kier alpha value is -7.63. The zero-order valence-corrected chi connectivity index (χ0v) is 31.0. The summed E-state index contributed by atoms with van der Waals surface area (Å²) >= 11 is 0. The SMILES string of the molecule is C1=CCC=CC(c2nc(-c3ccccc3)nc(-c3cccc(-c4cccc5c4[nH]c4c(-c6ccc7c8ccccc8n(-c8ccccc8)c7c6)cccc45)c3)n2)=C1. The maximum atomic E-state index is 5.05. The number of aromatic amines is 1. The Morgan fingerprint density at radius 1 is 0.439 bits per heavy atom. The van der Waals surface area contributed by atoms with E-state index in [1.165, 1.54) is 32.6 Å². The van der Waals surface area contributed by atoms with Gasteiger partial charge in [0.05, 0.1) is 22.1 Å². The molecule has 0 atom stereocenters. The second-order valence-electron chi connectivity index (χ2n) is 14.4. The van der Waals surface area contributed by atoms with Crippen molar-refractivity contribution in [3.05, 3.63) is 200 Å². The molecule has 0 fully saturated rings. The number of aromatic nitrogens is 5. The Balaban J connectivity index is 1.05. The van der Waals surface area contributed by atoms with Gasteiger partial charge in [-0.1, -0.05) is 164 Å². The third-order valence-electron chi connectivity index (χ3n) is 11.0. The fourth-order valence-corrected chi connectivity index (χ4v) is 8.33. The van der Waals surface area contributed by atoms with Gasteiger partial charge in [-0.05, 0) is 47.9 Å². The molecule has 0 spiro atoms. The molecule has 10 aromatic rings. The zero-order valence-electron chi connectivity index (χ0n) is 31.0. The molecule has 1 N–H and O–H groups in total. The molecule has 0 saturated heterocycles. The summed E-state index contributed by atoms with van der Waals surface area (Å²) in [7, 11) is 0. The van der Waals surface area contributed by atoms with Gasteiger partial charge in [-0.2, -0.15) is 0 Å². The number of para-hydroxylation sites is 4. The van der Waals surface area contributed by atoms with Gasteiger partial charge in [-0.25, -0.2) is 15.0 Å². The normalized spacial score (nSPS) is 12.8. The van der Waals surface area contributed by atoms with Crippen molar-refractivity contribution < 1.29 is 0 Å². The predicted octanol–water partition coefficient (Wildman–Crippen LogP) is 13.2. The maximum Gasteiger partial charge on any atom is 0.164 e. The summed E-state index contributed by atoms with van der Waals surface area (Å²) in [5, 5.41) is 4.87. The number of H-pyrrole nitrogens is 1. The minimum atomic E-state index is 0.637. The van der Waals surface area contributed by atoms with E-state index < -0.39 is 0 Å². The van der Waals surface area contributed by atoms with Gasteiger partial charge in [-0.3, -0.25) is 0 Å². The molecule has 0 aliphatic heterocycles. The zero-order chi connectivity index (χ0) is 37.7. The molecule has 5 heteroatoms. The van der Waals surface area contributed by atoms with Crippen LogP contribution >= 0.6 is 0 Å². The molecule has 7 aromatic carbocycles. The standard InChI is InChI=1S/C52H35N5/c1-2-6-17-34(16-5-1)50-54-51(35-18-7-3-8-19-35)56-52(55-50)38-21-13-20-36(32-38)40-25-14-27-44-45-28-15-26-41(49(45)53-48(40)44)37-30-31-43-42-24-11-12-29-46(42)57(47(43)33-37)39-22-9-4-10-23-39/h1,3-33,53H,2H2. The first-order valence-electron chi connectivity index (χ1n) is 19.4. The Morgan fingerprint density at radius 3 is 1.82 bits per heavy atom. The maximum absolute atomic E-state index is 5.05. The van der Waals surface area contributed by atoms with Crippen LogP contribution in [0.3, 0.4) is 0 Å². The van der Waals surface area contributed by atoms with Gasteiger partial charge in [0.25, 0.3) is 0 Å². The summed E-state index contributed by atoms with van der Waals surface area (Å²) in [4.78, 5) is 18.9. The molecule has 1 aliphatic carbocycles. The topological polar surface area (TPSA) is 59.4 Å². The Bertz CT molecular complexity index is 3260. The number of fused-ring (bicyclic) bond motifs is 6. The highest BCUT2D eigenvalue weighted by molar-refractivity contribution is 6.16. The van der Waals surface area contributed by atoms with Crippen LogP contribution in [-0.4, -0.2) is 24.5 Å². The van der Waals surface area contributed by atoms with Gasteiger partial charge < -0.3 is 9.55 Å². The summed E-state index contributed by atoms with van der Waals surface area (Å²) in [6, 6.07) is 58.1. The molecule has 0 saturated carbocycles. The highest BCUT2D eigenvalue weighted by Gasteiger charge is 2.18. The van der Waals surface area contributed by atoms with Crippen molar-refractivity contribution in [1.29, 1.82) is 0 Å². The molecule has 1 aliphatic rings. The lowest BCUT2D eigenvalue weighted by Gasteiger charge is -2.10. The van der Waals surface area contributed by atoms with E-state index in [-0.39, 0.29) is 0 Å². The molecule has 0 bridgehead atoms. The monoisotopic (exact) mass is 729 g/mol. The molecular weight excluding hydrogens is 695 g/mol. The molecule has 3 heterocycles. The first-order valence-corrected chi connectivity index (χ1v) is 19.4. The largest absolute Gasteiger partial charge is 0.353 e. The quantitative estimate of drug-likeness (QED) is 0.185. The van der Waals surface area contributed by atoms with Crippen LogP contribution in [0.2, 0.25) is 0 Å². The van der Waals surface area contributed by atoms with E-state index in [2.05, 4.69) is 173 Å². The van der Waals surface area contributed by atoms with Crippen LogP contribution < -0.4 is 0 Å². The van der Waals surface area contributed by atoms with Crippen LogP contribution in [0.4, 0.5) is 0 Å². The Kier molecular flexibility index (Phi) is 7.81. The summed E-state index contributed by atoms with van der Waals surface area (Å²) in [5.74, 6) is 1.94. The van der Waals surface area contributed by atoms with Crippen LogP contribution in [0, 0.1) is 0 Å². The molecule has 0 radical (unpaired) electrons.